The van der Waals surface area contributed by atoms with Crippen molar-refractivity contribution < 1.29 is 28.6 Å². The summed E-state index contributed by atoms with van der Waals surface area (Å²) in [5.74, 6) is -1.00. The molecule has 0 aromatic carbocycles. The third-order valence-corrected chi connectivity index (χ3v) is 12.1. The molecule has 0 saturated carbocycles. The van der Waals surface area contributed by atoms with E-state index in [1.807, 2.05) is 0 Å². The smallest absolute Gasteiger partial charge is 0.306 e. The first-order valence-corrected chi connectivity index (χ1v) is 29.8. The Kier molecular flexibility index (Phi) is 57.0. The third kappa shape index (κ3) is 58.2. The van der Waals surface area contributed by atoms with Gasteiger partial charge in [0.1, 0.15) is 13.2 Å². The summed E-state index contributed by atoms with van der Waals surface area (Å²) in [6.07, 6.45) is 87.0. The minimum atomic E-state index is -0.821. The molecule has 1 atom stereocenters. The standard InChI is InChI=1S/C68H108O6/c1-4-7-10-13-16-19-22-25-28-30-32-33-34-35-36-38-40-43-46-49-52-55-58-61-67(70)73-64-65(63-72-66(69)60-57-54-51-48-45-42-39-27-24-21-18-15-12-9-6-3)74-68(71)62-59-56-53-50-47-44-41-37-31-29-26-23-20-17-14-11-8-5-2/h7,9-10,12,16,18-21,23,25,27-29,31-33,35-36,39-40,43,49,52,65H,4-6,8,11,13-15,17,22,24,26,30,34,37-38,41-42,44-48,50-51,53-64H2,1-3H3/b10-7-,12-9-,19-16-,21-18-,23-20-,28-25-,31-29-,33-32-,36-35-,39-27-,43-40-,52-49-. The molecule has 0 aromatic rings. The molecule has 74 heavy (non-hydrogen) atoms. The average molecular weight is 1020 g/mol. The second kappa shape index (κ2) is 60.8. The van der Waals surface area contributed by atoms with Gasteiger partial charge in [-0.15, -0.1) is 0 Å². The number of rotatable bonds is 52. The van der Waals surface area contributed by atoms with Crippen LogP contribution in [0.3, 0.4) is 0 Å². The molecular weight excluding hydrogens is 913 g/mol. The first-order valence-electron chi connectivity index (χ1n) is 29.8. The molecule has 0 radical (unpaired) electrons. The van der Waals surface area contributed by atoms with Crippen molar-refractivity contribution in [3.8, 4) is 0 Å². The Morgan fingerprint density at radius 3 is 0.878 bits per heavy atom. The van der Waals surface area contributed by atoms with Gasteiger partial charge in [-0.05, 0) is 135 Å². The number of hydrogen-bond acceptors (Lipinski definition) is 6. The Balaban J connectivity index is 4.54. The van der Waals surface area contributed by atoms with E-state index >= 15 is 0 Å². The maximum atomic E-state index is 12.9. The number of allylic oxidation sites excluding steroid dienone is 24. The van der Waals surface area contributed by atoms with Crippen molar-refractivity contribution in [2.75, 3.05) is 13.2 Å². The SMILES string of the molecule is CC/C=C\C/C=C\C/C=C\C/C=C\C/C=C\C/C=C\C/C=C\CCCC(=O)OCC(COC(=O)CCCCCCC/C=C\C/C=C\C/C=C\CC)OC(=O)CCCCCCCCC/C=C\C/C=C\CCCCCC. The average Bonchev–Trinajstić information content (AvgIpc) is 3.40. The normalized spacial score (nSPS) is 13.2. The molecule has 6 heteroatoms. The van der Waals surface area contributed by atoms with E-state index in [1.54, 1.807) is 0 Å². The van der Waals surface area contributed by atoms with E-state index in [0.717, 1.165) is 141 Å². The molecule has 0 fully saturated rings. The van der Waals surface area contributed by atoms with Crippen LogP contribution in [0.15, 0.2) is 146 Å². The van der Waals surface area contributed by atoms with Crippen molar-refractivity contribution in [1.82, 2.24) is 0 Å². The summed E-state index contributed by atoms with van der Waals surface area (Å²) >= 11 is 0. The highest BCUT2D eigenvalue weighted by atomic mass is 16.6. The van der Waals surface area contributed by atoms with Gasteiger partial charge in [0.2, 0.25) is 0 Å². The molecule has 0 aliphatic heterocycles. The van der Waals surface area contributed by atoms with Crippen LogP contribution in [0.5, 0.6) is 0 Å². The van der Waals surface area contributed by atoms with Gasteiger partial charge >= 0.3 is 17.9 Å². The lowest BCUT2D eigenvalue weighted by molar-refractivity contribution is -0.167. The highest BCUT2D eigenvalue weighted by molar-refractivity contribution is 5.71. The second-order valence-electron chi connectivity index (χ2n) is 19.1. The first kappa shape index (κ1) is 69.3. The number of unbranched alkanes of at least 4 members (excludes halogenated alkanes) is 17. The van der Waals surface area contributed by atoms with Gasteiger partial charge < -0.3 is 14.2 Å². The van der Waals surface area contributed by atoms with Crippen molar-refractivity contribution in [3.63, 3.8) is 0 Å². The summed E-state index contributed by atoms with van der Waals surface area (Å²) in [6.45, 7) is 6.32. The molecule has 0 heterocycles. The summed E-state index contributed by atoms with van der Waals surface area (Å²) in [4.78, 5) is 38.2. The maximum Gasteiger partial charge on any atom is 0.306 e. The maximum absolute atomic E-state index is 12.9. The van der Waals surface area contributed by atoms with Crippen LogP contribution in [0.25, 0.3) is 0 Å². The molecule has 0 N–H and O–H groups in total. The van der Waals surface area contributed by atoms with Gasteiger partial charge in [0.05, 0.1) is 0 Å². The van der Waals surface area contributed by atoms with E-state index in [4.69, 9.17) is 14.2 Å². The predicted molar refractivity (Wildman–Crippen MR) is 320 cm³/mol. The van der Waals surface area contributed by atoms with Crippen LogP contribution in [-0.2, 0) is 28.6 Å². The fourth-order valence-corrected chi connectivity index (χ4v) is 7.65. The Labute approximate surface area is 455 Å². The highest BCUT2D eigenvalue weighted by Crippen LogP contribution is 2.13. The van der Waals surface area contributed by atoms with Gasteiger partial charge in [-0.1, -0.05) is 237 Å². The summed E-state index contributed by atoms with van der Waals surface area (Å²) in [7, 11) is 0. The fourth-order valence-electron chi connectivity index (χ4n) is 7.65. The molecular formula is C68H108O6. The zero-order valence-corrected chi connectivity index (χ0v) is 47.5. The van der Waals surface area contributed by atoms with Crippen LogP contribution in [0.2, 0.25) is 0 Å². The molecule has 0 amide bonds. The molecule has 416 valence electrons. The van der Waals surface area contributed by atoms with Gasteiger partial charge in [0.15, 0.2) is 6.10 Å². The van der Waals surface area contributed by atoms with E-state index < -0.39 is 6.10 Å². The van der Waals surface area contributed by atoms with Crippen LogP contribution in [-0.4, -0.2) is 37.2 Å². The summed E-state index contributed by atoms with van der Waals surface area (Å²) in [5, 5.41) is 0. The lowest BCUT2D eigenvalue weighted by atomic mass is 10.1. The van der Waals surface area contributed by atoms with Gasteiger partial charge in [0.25, 0.3) is 0 Å². The lowest BCUT2D eigenvalue weighted by Crippen LogP contribution is -2.30. The Hall–Kier alpha value is -4.71. The molecule has 0 rings (SSSR count). The van der Waals surface area contributed by atoms with Gasteiger partial charge in [0, 0.05) is 19.3 Å². The number of carbonyl (C=O) groups is 3. The molecule has 0 saturated heterocycles. The molecule has 0 aliphatic carbocycles. The van der Waals surface area contributed by atoms with Crippen LogP contribution in [0, 0.1) is 0 Å². The van der Waals surface area contributed by atoms with E-state index in [0.29, 0.717) is 19.3 Å². The largest absolute Gasteiger partial charge is 0.462 e. The Morgan fingerprint density at radius 1 is 0.284 bits per heavy atom. The zero-order valence-electron chi connectivity index (χ0n) is 47.5. The first-order chi connectivity index (χ1) is 36.5. The van der Waals surface area contributed by atoms with Crippen molar-refractivity contribution in [2.24, 2.45) is 0 Å². The van der Waals surface area contributed by atoms with Gasteiger partial charge in [-0.3, -0.25) is 14.4 Å². The molecule has 1 unspecified atom stereocenters. The topological polar surface area (TPSA) is 78.9 Å². The van der Waals surface area contributed by atoms with Crippen LogP contribution < -0.4 is 0 Å². The molecule has 6 nitrogen and oxygen atoms in total. The van der Waals surface area contributed by atoms with E-state index in [9.17, 15) is 14.4 Å². The van der Waals surface area contributed by atoms with Crippen molar-refractivity contribution in [1.29, 1.82) is 0 Å². The number of ether oxygens (including phenoxy) is 3. The van der Waals surface area contributed by atoms with Gasteiger partial charge in [-0.25, -0.2) is 0 Å². The Bertz CT molecular complexity index is 1640. The molecule has 0 spiro atoms. The van der Waals surface area contributed by atoms with E-state index in [1.165, 1.54) is 57.8 Å². The minimum Gasteiger partial charge on any atom is -0.462 e. The van der Waals surface area contributed by atoms with Crippen molar-refractivity contribution >= 4 is 17.9 Å². The molecule has 0 bridgehead atoms. The van der Waals surface area contributed by atoms with Crippen LogP contribution in [0.1, 0.15) is 245 Å². The Morgan fingerprint density at radius 2 is 0.541 bits per heavy atom. The predicted octanol–water partition coefficient (Wildman–Crippen LogP) is 20.4. The third-order valence-electron chi connectivity index (χ3n) is 12.1. The fraction of sp³-hybridized carbons (Fsp3) is 0.603. The number of hydrogen-bond donors (Lipinski definition) is 0. The number of carbonyl (C=O) groups excluding carboxylic acids is 3. The molecule has 0 aromatic heterocycles. The minimum absolute atomic E-state index is 0.114. The summed E-state index contributed by atoms with van der Waals surface area (Å²) < 4.78 is 16.8. The second-order valence-corrected chi connectivity index (χ2v) is 19.1. The van der Waals surface area contributed by atoms with Crippen molar-refractivity contribution in [2.45, 2.75) is 252 Å². The monoisotopic (exact) mass is 1020 g/mol. The quantitative estimate of drug-likeness (QED) is 0.0261. The lowest BCUT2D eigenvalue weighted by Gasteiger charge is -2.18. The van der Waals surface area contributed by atoms with Crippen LogP contribution in [0.4, 0.5) is 0 Å². The van der Waals surface area contributed by atoms with E-state index in [2.05, 4.69) is 167 Å². The molecule has 0 aliphatic rings. The summed E-state index contributed by atoms with van der Waals surface area (Å²) in [6, 6.07) is 0. The number of esters is 3. The summed E-state index contributed by atoms with van der Waals surface area (Å²) in [5.41, 5.74) is 0. The van der Waals surface area contributed by atoms with E-state index in [-0.39, 0.29) is 37.5 Å². The zero-order chi connectivity index (χ0) is 53.6. The highest BCUT2D eigenvalue weighted by Gasteiger charge is 2.19. The van der Waals surface area contributed by atoms with Crippen molar-refractivity contribution in [3.05, 3.63) is 146 Å². The van der Waals surface area contributed by atoms with Gasteiger partial charge in [-0.2, -0.15) is 0 Å². The van der Waals surface area contributed by atoms with Crippen LogP contribution >= 0.6 is 0 Å².